The molecule has 0 spiro atoms. The molecule has 0 saturated carbocycles. The van der Waals surface area contributed by atoms with Crippen LogP contribution >= 0.6 is 11.3 Å². The number of carboxylic acid groups (broad SMARTS) is 1. The summed E-state index contributed by atoms with van der Waals surface area (Å²) in [6.45, 7) is 3.52. The lowest BCUT2D eigenvalue weighted by atomic mass is 10.0. The number of ether oxygens (including phenoxy) is 1. The maximum atomic E-state index is 13.2. The van der Waals surface area contributed by atoms with Gasteiger partial charge < -0.3 is 14.4 Å². The maximum absolute atomic E-state index is 13.2. The predicted molar refractivity (Wildman–Crippen MR) is 134 cm³/mol. The first-order valence-electron chi connectivity index (χ1n) is 11.4. The van der Waals surface area contributed by atoms with E-state index >= 15 is 0 Å². The summed E-state index contributed by atoms with van der Waals surface area (Å²) in [7, 11) is -4.02. The highest BCUT2D eigenvalue weighted by Crippen LogP contribution is 2.34. The number of alkyl halides is 3. The quantitative estimate of drug-likeness (QED) is 0.258. The van der Waals surface area contributed by atoms with E-state index in [1.165, 1.54) is 29.5 Å². The number of halogens is 3. The molecule has 0 radical (unpaired) electrons. The third kappa shape index (κ3) is 5.75. The van der Waals surface area contributed by atoms with Crippen LogP contribution in [-0.2, 0) is 45.3 Å². The van der Waals surface area contributed by atoms with Gasteiger partial charge in [-0.25, -0.2) is 13.1 Å². The van der Waals surface area contributed by atoms with E-state index in [9.17, 15) is 26.4 Å². The van der Waals surface area contributed by atoms with Crippen LogP contribution in [0.15, 0.2) is 51.2 Å². The molecule has 2 N–H and O–H groups in total. The lowest BCUT2D eigenvalue weighted by molar-refractivity contribution is -0.138. The van der Waals surface area contributed by atoms with Gasteiger partial charge in [-0.1, -0.05) is 23.4 Å². The van der Waals surface area contributed by atoms with Crippen LogP contribution in [-0.4, -0.2) is 31.3 Å². The summed E-state index contributed by atoms with van der Waals surface area (Å²) >= 11 is 1.27. The molecule has 0 fully saturated rings. The molecule has 0 saturated heterocycles. The third-order valence-corrected chi connectivity index (χ3v) is 8.59. The van der Waals surface area contributed by atoms with Crippen LogP contribution in [0.5, 0.6) is 0 Å². The normalized spacial score (nSPS) is 12.3. The van der Waals surface area contributed by atoms with Crippen LogP contribution in [0.25, 0.3) is 21.4 Å². The topological polar surface area (TPSA) is 119 Å². The fourth-order valence-corrected chi connectivity index (χ4v) is 6.36. The predicted octanol–water partition coefficient (Wildman–Crippen LogP) is 5.53. The van der Waals surface area contributed by atoms with Crippen LogP contribution in [0.4, 0.5) is 13.2 Å². The van der Waals surface area contributed by atoms with Crippen LogP contribution in [0.2, 0.25) is 0 Å². The van der Waals surface area contributed by atoms with Crippen molar-refractivity contribution in [2.75, 3.05) is 6.61 Å². The molecule has 2 heterocycles. The van der Waals surface area contributed by atoms with E-state index in [-0.39, 0.29) is 35.9 Å². The summed E-state index contributed by atoms with van der Waals surface area (Å²) < 4.78 is 79.3. The number of hydrogen-bond acceptors (Lipinski definition) is 7. The van der Waals surface area contributed by atoms with Gasteiger partial charge in [0.05, 0.1) is 35.6 Å². The van der Waals surface area contributed by atoms with E-state index in [1.54, 1.807) is 25.3 Å². The Labute approximate surface area is 220 Å². The average Bonchev–Trinajstić information content (AvgIpc) is 3.45. The number of nitrogens with one attached hydrogen (secondary N) is 1. The molecule has 38 heavy (non-hydrogen) atoms. The van der Waals surface area contributed by atoms with Crippen molar-refractivity contribution < 1.29 is 40.8 Å². The zero-order valence-corrected chi connectivity index (χ0v) is 21.9. The Morgan fingerprint density at radius 2 is 1.89 bits per heavy atom. The number of aryl methyl sites for hydroxylation is 1. The van der Waals surface area contributed by atoms with Crippen molar-refractivity contribution in [3.05, 3.63) is 69.7 Å². The number of benzene rings is 2. The second-order valence-corrected chi connectivity index (χ2v) is 11.0. The highest BCUT2D eigenvalue weighted by molar-refractivity contribution is 7.89. The molecule has 0 atom stereocenters. The fraction of sp³-hybridized carbons (Fsp3) is 0.280. The maximum Gasteiger partial charge on any atom is 0.416 e. The lowest BCUT2D eigenvalue weighted by Gasteiger charge is -2.11. The molecule has 202 valence electrons. The van der Waals surface area contributed by atoms with Crippen LogP contribution in [0.3, 0.4) is 0 Å². The smallest absolute Gasteiger partial charge is 0.416 e. The number of aliphatic carboxylic acids is 1. The van der Waals surface area contributed by atoms with Gasteiger partial charge >= 0.3 is 12.1 Å². The molecular weight excluding hydrogens is 545 g/mol. The third-order valence-electron chi connectivity index (χ3n) is 5.88. The van der Waals surface area contributed by atoms with Gasteiger partial charge in [0.1, 0.15) is 5.69 Å². The SMILES string of the molecule is CCOCc1c(CNS(=O)(=O)c2ccc3c(CC(=O)O)csc3c2C)noc1-c1ccc(C(F)(F)F)cc1. The molecule has 4 rings (SSSR count). The van der Waals surface area contributed by atoms with Gasteiger partial charge in [-0.3, -0.25) is 4.79 Å². The summed E-state index contributed by atoms with van der Waals surface area (Å²) in [5.74, 6) is -0.796. The zero-order chi connectivity index (χ0) is 27.7. The molecule has 0 aliphatic rings. The summed E-state index contributed by atoms with van der Waals surface area (Å²) in [4.78, 5) is 11.1. The van der Waals surface area contributed by atoms with E-state index < -0.39 is 27.7 Å². The number of carboxylic acids is 1. The molecule has 8 nitrogen and oxygen atoms in total. The Kier molecular flexibility index (Phi) is 7.93. The van der Waals surface area contributed by atoms with Crippen molar-refractivity contribution >= 4 is 37.4 Å². The van der Waals surface area contributed by atoms with Crippen molar-refractivity contribution in [1.82, 2.24) is 9.88 Å². The summed E-state index contributed by atoms with van der Waals surface area (Å²) in [6, 6.07) is 7.38. The second-order valence-electron chi connectivity index (χ2n) is 8.37. The summed E-state index contributed by atoms with van der Waals surface area (Å²) in [5, 5.41) is 15.4. The van der Waals surface area contributed by atoms with Gasteiger partial charge in [-0.2, -0.15) is 13.2 Å². The van der Waals surface area contributed by atoms with Gasteiger partial charge in [0.2, 0.25) is 10.0 Å². The monoisotopic (exact) mass is 568 g/mol. The van der Waals surface area contributed by atoms with Crippen molar-refractivity contribution in [3.63, 3.8) is 0 Å². The van der Waals surface area contributed by atoms with Gasteiger partial charge in [-0.05, 0) is 53.9 Å². The van der Waals surface area contributed by atoms with Crippen LogP contribution < -0.4 is 4.72 Å². The standard InChI is InChI=1S/C25H23F3N2O6S2/c1-3-35-12-19-20(30-36-23(19)15-4-6-17(7-5-15)25(26,27)28)11-29-38(33,34)21-9-8-18-16(10-22(31)32)13-37-24(18)14(21)2/h4-9,13,29H,3,10-12H2,1-2H3,(H,31,32). The van der Waals surface area contributed by atoms with Gasteiger partial charge in [0.25, 0.3) is 0 Å². The second kappa shape index (κ2) is 10.8. The average molecular weight is 569 g/mol. The number of hydrogen-bond donors (Lipinski definition) is 2. The van der Waals surface area contributed by atoms with Crippen molar-refractivity contribution in [3.8, 4) is 11.3 Å². The molecule has 0 unspecified atom stereocenters. The van der Waals surface area contributed by atoms with Crippen molar-refractivity contribution in [2.24, 2.45) is 0 Å². The lowest BCUT2D eigenvalue weighted by Crippen LogP contribution is -2.24. The first-order valence-corrected chi connectivity index (χ1v) is 13.7. The molecule has 0 amide bonds. The van der Waals surface area contributed by atoms with E-state index in [0.717, 1.165) is 12.1 Å². The number of carbonyl (C=O) groups is 1. The summed E-state index contributed by atoms with van der Waals surface area (Å²) in [6.07, 6.45) is -4.65. The van der Waals surface area contributed by atoms with Gasteiger partial charge in [-0.15, -0.1) is 11.3 Å². The molecule has 4 aromatic rings. The molecule has 0 bridgehead atoms. The van der Waals surface area contributed by atoms with Crippen LogP contribution in [0.1, 0.15) is 34.9 Å². The van der Waals surface area contributed by atoms with E-state index in [2.05, 4.69) is 9.88 Å². The zero-order valence-electron chi connectivity index (χ0n) is 20.3. The van der Waals surface area contributed by atoms with E-state index in [4.69, 9.17) is 14.4 Å². The van der Waals surface area contributed by atoms with E-state index in [1.807, 2.05) is 0 Å². The molecular formula is C25H23F3N2O6S2. The first kappa shape index (κ1) is 27.8. The number of aromatic nitrogens is 1. The van der Waals surface area contributed by atoms with Gasteiger partial charge in [0.15, 0.2) is 5.76 Å². The number of sulfonamides is 1. The largest absolute Gasteiger partial charge is 0.481 e. The Morgan fingerprint density at radius 3 is 2.53 bits per heavy atom. The highest BCUT2D eigenvalue weighted by atomic mass is 32.2. The molecule has 0 aliphatic carbocycles. The number of nitrogens with zero attached hydrogens (tertiary/aromatic N) is 1. The Hall–Kier alpha value is -3.26. The first-order chi connectivity index (χ1) is 17.9. The number of rotatable bonds is 10. The Bertz CT molecular complexity index is 1580. The minimum atomic E-state index is -4.49. The molecule has 0 aliphatic heterocycles. The summed E-state index contributed by atoms with van der Waals surface area (Å²) in [5.41, 5.74) is 1.26. The number of thiophene rings is 1. The molecule has 2 aromatic heterocycles. The van der Waals surface area contributed by atoms with Crippen molar-refractivity contribution in [2.45, 2.75) is 44.5 Å². The minimum Gasteiger partial charge on any atom is -0.481 e. The number of fused-ring (bicyclic) bond motifs is 1. The molecule has 13 heteroatoms. The fourth-order valence-electron chi connectivity index (χ4n) is 3.98. The molecule has 2 aromatic carbocycles. The van der Waals surface area contributed by atoms with Crippen molar-refractivity contribution in [1.29, 1.82) is 0 Å². The minimum absolute atomic E-state index is 0.0138. The van der Waals surface area contributed by atoms with Gasteiger partial charge in [0, 0.05) is 16.9 Å². The Balaban J connectivity index is 1.61. The van der Waals surface area contributed by atoms with Crippen LogP contribution in [0, 0.1) is 6.92 Å². The Morgan fingerprint density at radius 1 is 1.18 bits per heavy atom. The highest BCUT2D eigenvalue weighted by Gasteiger charge is 2.30. The van der Waals surface area contributed by atoms with E-state index in [0.29, 0.717) is 38.9 Å².